The maximum Gasteiger partial charge on any atom is 0.0642 e. The zero-order chi connectivity index (χ0) is 15.5. The van der Waals surface area contributed by atoms with Crippen LogP contribution in [0.1, 0.15) is 112 Å². The third kappa shape index (κ3) is 9.80. The van der Waals surface area contributed by atoms with Crippen molar-refractivity contribution in [1.82, 2.24) is 0 Å². The largest absolute Gasteiger partial charge is 0.390 e. The van der Waals surface area contributed by atoms with Gasteiger partial charge in [-0.15, -0.1) is 0 Å². The lowest BCUT2D eigenvalue weighted by atomic mass is 9.73. The first-order chi connectivity index (χ1) is 9.31. The second-order valence-corrected chi connectivity index (χ2v) is 7.73. The lowest BCUT2D eigenvalue weighted by Gasteiger charge is -2.37. The van der Waals surface area contributed by atoms with Crippen molar-refractivity contribution in [1.29, 1.82) is 0 Å². The van der Waals surface area contributed by atoms with Crippen LogP contribution in [0.25, 0.3) is 0 Å². The fraction of sp³-hybridized carbons (Fsp3) is 1.00. The Bertz CT molecular complexity index is 212. The van der Waals surface area contributed by atoms with Gasteiger partial charge in [-0.25, -0.2) is 0 Å². The molecule has 1 nitrogen and oxygen atoms in total. The van der Waals surface area contributed by atoms with Crippen molar-refractivity contribution in [3.05, 3.63) is 0 Å². The number of aliphatic hydroxyl groups is 1. The van der Waals surface area contributed by atoms with Gasteiger partial charge >= 0.3 is 0 Å². The van der Waals surface area contributed by atoms with Crippen LogP contribution in [0.2, 0.25) is 0 Å². The molecular formula is C19H40O. The summed E-state index contributed by atoms with van der Waals surface area (Å²) in [4.78, 5) is 0. The van der Waals surface area contributed by atoms with E-state index in [0.29, 0.717) is 0 Å². The molecule has 0 saturated heterocycles. The summed E-state index contributed by atoms with van der Waals surface area (Å²) in [6, 6.07) is 0. The summed E-state index contributed by atoms with van der Waals surface area (Å²) in [5, 5.41) is 10.1. The Hall–Kier alpha value is -0.0400. The van der Waals surface area contributed by atoms with Crippen LogP contribution in [0, 0.1) is 5.41 Å². The summed E-state index contributed by atoms with van der Waals surface area (Å²) in [5.74, 6) is 0. The van der Waals surface area contributed by atoms with Crippen LogP contribution in [0.15, 0.2) is 0 Å². The van der Waals surface area contributed by atoms with Crippen LogP contribution in [0.5, 0.6) is 0 Å². The first-order valence-electron chi connectivity index (χ1n) is 9.03. The molecule has 0 aliphatic heterocycles. The molecular weight excluding hydrogens is 244 g/mol. The highest BCUT2D eigenvalue weighted by atomic mass is 16.3. The zero-order valence-electron chi connectivity index (χ0n) is 14.9. The topological polar surface area (TPSA) is 20.2 Å². The zero-order valence-corrected chi connectivity index (χ0v) is 14.9. The van der Waals surface area contributed by atoms with Gasteiger partial charge in [-0.3, -0.25) is 0 Å². The molecule has 0 heterocycles. The second-order valence-electron chi connectivity index (χ2n) is 7.73. The maximum absolute atomic E-state index is 10.1. The Labute approximate surface area is 128 Å². The molecule has 0 rings (SSSR count). The van der Waals surface area contributed by atoms with Crippen molar-refractivity contribution < 1.29 is 5.11 Å². The third-order valence-electron chi connectivity index (χ3n) is 5.06. The smallest absolute Gasteiger partial charge is 0.0642 e. The Morgan fingerprint density at radius 1 is 0.600 bits per heavy atom. The van der Waals surface area contributed by atoms with Crippen molar-refractivity contribution in [3.8, 4) is 0 Å². The first-order valence-corrected chi connectivity index (χ1v) is 9.03. The van der Waals surface area contributed by atoms with E-state index >= 15 is 0 Å². The van der Waals surface area contributed by atoms with E-state index in [0.717, 1.165) is 6.42 Å². The summed E-state index contributed by atoms with van der Waals surface area (Å²) in [6.07, 6.45) is 16.4. The molecule has 0 spiro atoms. The minimum atomic E-state index is -0.564. The van der Waals surface area contributed by atoms with Crippen molar-refractivity contribution >= 4 is 0 Å². The number of hydrogen-bond acceptors (Lipinski definition) is 1. The van der Waals surface area contributed by atoms with Gasteiger partial charge in [0.05, 0.1) is 5.60 Å². The molecule has 0 aliphatic carbocycles. The molecule has 122 valence electrons. The van der Waals surface area contributed by atoms with Gasteiger partial charge in [0.1, 0.15) is 0 Å². The standard InChI is InChI=1S/C19H40O/c1-6-7-8-9-10-11-12-13-14-15-16-17-18(2,3)19(4,5)20/h20H,6-17H2,1-5H3. The number of rotatable bonds is 13. The summed E-state index contributed by atoms with van der Waals surface area (Å²) < 4.78 is 0. The van der Waals surface area contributed by atoms with Crippen LogP contribution < -0.4 is 0 Å². The van der Waals surface area contributed by atoms with E-state index in [2.05, 4.69) is 20.8 Å². The first kappa shape index (κ1) is 20.0. The van der Waals surface area contributed by atoms with Gasteiger partial charge < -0.3 is 5.11 Å². The summed E-state index contributed by atoms with van der Waals surface area (Å²) in [6.45, 7) is 10.5. The van der Waals surface area contributed by atoms with E-state index in [1.807, 2.05) is 13.8 Å². The number of hydrogen-bond donors (Lipinski definition) is 1. The van der Waals surface area contributed by atoms with Gasteiger partial charge in [0.25, 0.3) is 0 Å². The molecule has 0 fully saturated rings. The van der Waals surface area contributed by atoms with Crippen LogP contribution in [0.3, 0.4) is 0 Å². The molecule has 0 aromatic heterocycles. The fourth-order valence-electron chi connectivity index (χ4n) is 2.54. The minimum Gasteiger partial charge on any atom is -0.390 e. The molecule has 0 aromatic rings. The predicted octanol–water partition coefficient (Wildman–Crippen LogP) is 6.48. The molecule has 0 aromatic carbocycles. The van der Waals surface area contributed by atoms with E-state index in [1.165, 1.54) is 70.6 Å². The molecule has 0 atom stereocenters. The van der Waals surface area contributed by atoms with E-state index in [1.54, 1.807) is 0 Å². The Morgan fingerprint density at radius 2 is 0.950 bits per heavy atom. The molecule has 0 aliphatic rings. The predicted molar refractivity (Wildman–Crippen MR) is 91.2 cm³/mol. The summed E-state index contributed by atoms with van der Waals surface area (Å²) in [5.41, 5.74) is -0.530. The van der Waals surface area contributed by atoms with Gasteiger partial charge in [-0.2, -0.15) is 0 Å². The van der Waals surface area contributed by atoms with Gasteiger partial charge in [0.15, 0.2) is 0 Å². The molecule has 0 unspecified atom stereocenters. The number of unbranched alkanes of at least 4 members (excludes halogenated alkanes) is 10. The lowest BCUT2D eigenvalue weighted by molar-refractivity contribution is -0.0405. The molecule has 0 bridgehead atoms. The summed E-state index contributed by atoms with van der Waals surface area (Å²) >= 11 is 0. The highest BCUT2D eigenvalue weighted by Crippen LogP contribution is 2.35. The fourth-order valence-corrected chi connectivity index (χ4v) is 2.54. The van der Waals surface area contributed by atoms with Gasteiger partial charge in [-0.05, 0) is 25.7 Å². The molecule has 20 heavy (non-hydrogen) atoms. The van der Waals surface area contributed by atoms with Crippen molar-refractivity contribution in [3.63, 3.8) is 0 Å². The Morgan fingerprint density at radius 3 is 1.30 bits per heavy atom. The maximum atomic E-state index is 10.1. The van der Waals surface area contributed by atoms with Crippen molar-refractivity contribution in [2.24, 2.45) is 5.41 Å². The minimum absolute atomic E-state index is 0.0340. The molecule has 0 radical (unpaired) electrons. The van der Waals surface area contributed by atoms with E-state index in [9.17, 15) is 5.11 Å². The highest BCUT2D eigenvalue weighted by molar-refractivity contribution is 4.85. The van der Waals surface area contributed by atoms with E-state index in [-0.39, 0.29) is 5.41 Å². The van der Waals surface area contributed by atoms with Gasteiger partial charge in [0, 0.05) is 0 Å². The van der Waals surface area contributed by atoms with Gasteiger partial charge in [0.2, 0.25) is 0 Å². The average Bonchev–Trinajstić information content (AvgIpc) is 2.34. The van der Waals surface area contributed by atoms with Crippen molar-refractivity contribution in [2.45, 2.75) is 117 Å². The van der Waals surface area contributed by atoms with Crippen LogP contribution in [-0.2, 0) is 0 Å². The molecule has 0 saturated carbocycles. The lowest BCUT2D eigenvalue weighted by Crippen LogP contribution is -2.38. The average molecular weight is 285 g/mol. The third-order valence-corrected chi connectivity index (χ3v) is 5.06. The van der Waals surface area contributed by atoms with E-state index < -0.39 is 5.60 Å². The Balaban J connectivity index is 3.33. The normalized spacial score (nSPS) is 12.9. The molecule has 1 N–H and O–H groups in total. The quantitative estimate of drug-likeness (QED) is 0.383. The second kappa shape index (κ2) is 10.7. The van der Waals surface area contributed by atoms with Crippen LogP contribution in [-0.4, -0.2) is 10.7 Å². The van der Waals surface area contributed by atoms with E-state index in [4.69, 9.17) is 0 Å². The van der Waals surface area contributed by atoms with Crippen LogP contribution >= 0.6 is 0 Å². The Kier molecular flexibility index (Phi) is 10.6. The monoisotopic (exact) mass is 284 g/mol. The molecule has 0 amide bonds. The SMILES string of the molecule is CCCCCCCCCCCCCC(C)(C)C(C)(C)O. The molecule has 1 heteroatoms. The highest BCUT2D eigenvalue weighted by Gasteiger charge is 2.33. The van der Waals surface area contributed by atoms with Crippen molar-refractivity contribution in [2.75, 3.05) is 0 Å². The van der Waals surface area contributed by atoms with Gasteiger partial charge in [-0.1, -0.05) is 91.4 Å². The summed E-state index contributed by atoms with van der Waals surface area (Å²) in [7, 11) is 0. The van der Waals surface area contributed by atoms with Crippen LogP contribution in [0.4, 0.5) is 0 Å².